The van der Waals surface area contributed by atoms with Crippen LogP contribution in [0.4, 0.5) is 16.2 Å². The van der Waals surface area contributed by atoms with Gasteiger partial charge in [-0.3, -0.25) is 0 Å². The van der Waals surface area contributed by atoms with Gasteiger partial charge in [0.1, 0.15) is 23.0 Å². The summed E-state index contributed by atoms with van der Waals surface area (Å²) in [6.07, 6.45) is 0. The molecule has 0 atom stereocenters. The summed E-state index contributed by atoms with van der Waals surface area (Å²) in [6, 6.07) is 18.7. The zero-order valence-electron chi connectivity index (χ0n) is 19.0. The molecule has 7 nitrogen and oxygen atoms in total. The summed E-state index contributed by atoms with van der Waals surface area (Å²) in [5, 5.41) is 3.51. The molecule has 0 aliphatic carbocycles. The minimum absolute atomic E-state index is 0.143. The Morgan fingerprint density at radius 1 is 1.03 bits per heavy atom. The number of urea groups is 1. The van der Waals surface area contributed by atoms with Gasteiger partial charge in [0.15, 0.2) is 5.75 Å². The van der Waals surface area contributed by atoms with Crippen LogP contribution in [0, 0.1) is 6.92 Å². The van der Waals surface area contributed by atoms with Crippen LogP contribution in [0.15, 0.2) is 65.7 Å². The summed E-state index contributed by atoms with van der Waals surface area (Å²) in [6.45, 7) is 4.43. The van der Waals surface area contributed by atoms with E-state index in [0.29, 0.717) is 36.9 Å². The molecule has 1 N–H and O–H groups in total. The number of anilines is 1. The van der Waals surface area contributed by atoms with Gasteiger partial charge in [0.25, 0.3) is 0 Å². The van der Waals surface area contributed by atoms with Crippen LogP contribution >= 0.6 is 11.6 Å². The van der Waals surface area contributed by atoms with Crippen molar-refractivity contribution in [3.63, 3.8) is 0 Å². The summed E-state index contributed by atoms with van der Waals surface area (Å²) in [5.41, 5.74) is 3.42. The number of nitrogens with zero attached hydrogens (tertiary/aromatic N) is 3. The molecule has 5 rings (SSSR count). The van der Waals surface area contributed by atoms with Crippen LogP contribution < -0.4 is 14.8 Å². The van der Waals surface area contributed by atoms with Crippen molar-refractivity contribution in [3.8, 4) is 17.2 Å². The summed E-state index contributed by atoms with van der Waals surface area (Å²) >= 11 is 6.04. The van der Waals surface area contributed by atoms with Crippen LogP contribution in [0.5, 0.6) is 17.2 Å². The number of amidine groups is 1. The van der Waals surface area contributed by atoms with E-state index < -0.39 is 0 Å². The van der Waals surface area contributed by atoms with Crippen molar-refractivity contribution in [2.45, 2.75) is 6.92 Å². The fraction of sp³-hybridized carbons (Fsp3) is 0.231. The third-order valence-corrected chi connectivity index (χ3v) is 6.17. The van der Waals surface area contributed by atoms with Crippen molar-refractivity contribution in [2.24, 2.45) is 4.99 Å². The molecule has 8 heteroatoms. The lowest BCUT2D eigenvalue weighted by Crippen LogP contribution is -2.51. The molecule has 2 aliphatic heterocycles. The number of carbonyl (C=O) groups excluding carboxylic acids is 1. The van der Waals surface area contributed by atoms with Crippen LogP contribution in [0.3, 0.4) is 0 Å². The second kappa shape index (κ2) is 9.27. The van der Waals surface area contributed by atoms with E-state index in [1.807, 2.05) is 55.5 Å². The molecule has 0 spiro atoms. The van der Waals surface area contributed by atoms with Crippen molar-refractivity contribution in [1.29, 1.82) is 0 Å². The highest BCUT2D eigenvalue weighted by Crippen LogP contribution is 2.40. The standard InChI is InChI=1S/C26H25ClN4O3/c1-17-6-8-22-24(14-17)34-23-9-7-20(33-2)16-21(23)25(29-22)30-10-12-31(13-11-30)26(32)28-19-5-3-4-18(27)15-19/h3-9,14-16H,10-13H2,1-2H3,(H,28,32). The number of benzene rings is 3. The van der Waals surface area contributed by atoms with E-state index in [1.54, 1.807) is 24.1 Å². The Morgan fingerprint density at radius 3 is 2.62 bits per heavy atom. The third-order valence-electron chi connectivity index (χ3n) is 5.93. The minimum atomic E-state index is -0.143. The molecule has 34 heavy (non-hydrogen) atoms. The molecule has 174 valence electrons. The summed E-state index contributed by atoms with van der Waals surface area (Å²) in [7, 11) is 1.64. The average molecular weight is 477 g/mol. The van der Waals surface area contributed by atoms with Gasteiger partial charge in [-0.15, -0.1) is 0 Å². The number of halogens is 1. The van der Waals surface area contributed by atoms with Crippen molar-refractivity contribution in [2.75, 3.05) is 38.6 Å². The lowest BCUT2D eigenvalue weighted by Gasteiger charge is -2.36. The Hall–Kier alpha value is -3.71. The Labute approximate surface area is 203 Å². The predicted molar refractivity (Wildman–Crippen MR) is 134 cm³/mol. The SMILES string of the molecule is COc1ccc2c(c1)C(N1CCN(C(=O)Nc3cccc(Cl)c3)CC1)=Nc1ccc(C)cc1O2. The molecule has 0 radical (unpaired) electrons. The predicted octanol–water partition coefficient (Wildman–Crippen LogP) is 5.69. The fourth-order valence-electron chi connectivity index (χ4n) is 4.12. The Kier molecular flexibility index (Phi) is 6.02. The molecule has 1 fully saturated rings. The number of methoxy groups -OCH3 is 1. The first-order chi connectivity index (χ1) is 16.5. The molecule has 1 saturated heterocycles. The number of ether oxygens (including phenoxy) is 2. The van der Waals surface area contributed by atoms with Crippen molar-refractivity contribution in [3.05, 3.63) is 76.8 Å². The number of fused-ring (bicyclic) bond motifs is 2. The number of nitrogens with one attached hydrogen (secondary N) is 1. The van der Waals surface area contributed by atoms with Gasteiger partial charge in [0.05, 0.1) is 12.7 Å². The van der Waals surface area contributed by atoms with E-state index in [1.165, 1.54) is 0 Å². The van der Waals surface area contributed by atoms with Gasteiger partial charge in [0, 0.05) is 36.9 Å². The Morgan fingerprint density at radius 2 is 1.85 bits per heavy atom. The monoisotopic (exact) mass is 476 g/mol. The van der Waals surface area contributed by atoms with Gasteiger partial charge in [-0.1, -0.05) is 23.7 Å². The van der Waals surface area contributed by atoms with Crippen molar-refractivity contribution < 1.29 is 14.3 Å². The molecule has 2 amide bonds. The van der Waals surface area contributed by atoms with Gasteiger partial charge in [-0.25, -0.2) is 9.79 Å². The third kappa shape index (κ3) is 4.52. The van der Waals surface area contributed by atoms with Crippen LogP contribution in [0.25, 0.3) is 0 Å². The molecular weight excluding hydrogens is 452 g/mol. The molecule has 0 unspecified atom stereocenters. The summed E-state index contributed by atoms with van der Waals surface area (Å²) in [5.74, 6) is 2.99. The van der Waals surface area contributed by atoms with Crippen molar-refractivity contribution >= 4 is 34.8 Å². The molecule has 3 aromatic carbocycles. The molecule has 2 aliphatic rings. The van der Waals surface area contributed by atoms with E-state index in [4.69, 9.17) is 26.1 Å². The van der Waals surface area contributed by atoms with E-state index in [9.17, 15) is 4.79 Å². The van der Waals surface area contributed by atoms with E-state index in [0.717, 1.165) is 39.9 Å². The van der Waals surface area contributed by atoms with E-state index >= 15 is 0 Å². The normalized spacial score (nSPS) is 14.9. The van der Waals surface area contributed by atoms with Gasteiger partial charge in [-0.05, 0) is 61.0 Å². The first-order valence-electron chi connectivity index (χ1n) is 11.1. The fourth-order valence-corrected chi connectivity index (χ4v) is 4.31. The van der Waals surface area contributed by atoms with Crippen LogP contribution in [0.1, 0.15) is 11.1 Å². The van der Waals surface area contributed by atoms with Gasteiger partial charge in [-0.2, -0.15) is 0 Å². The number of amides is 2. The summed E-state index contributed by atoms with van der Waals surface area (Å²) in [4.78, 5) is 21.8. The molecule has 0 saturated carbocycles. The van der Waals surface area contributed by atoms with Gasteiger partial charge in [0.2, 0.25) is 0 Å². The highest BCUT2D eigenvalue weighted by Gasteiger charge is 2.28. The second-order valence-corrected chi connectivity index (χ2v) is 8.72. The molecule has 0 bridgehead atoms. The number of aliphatic imine (C=N–C) groups is 1. The number of carbonyl (C=O) groups is 1. The first kappa shape index (κ1) is 22.1. The Balaban J connectivity index is 1.38. The van der Waals surface area contributed by atoms with Gasteiger partial charge >= 0.3 is 6.03 Å². The lowest BCUT2D eigenvalue weighted by molar-refractivity contribution is 0.181. The molecular formula is C26H25ClN4O3. The van der Waals surface area contributed by atoms with E-state index in [-0.39, 0.29) is 6.03 Å². The van der Waals surface area contributed by atoms with Crippen LogP contribution in [-0.4, -0.2) is 55.0 Å². The Bertz CT molecular complexity index is 1270. The zero-order chi connectivity index (χ0) is 23.7. The average Bonchev–Trinajstić information content (AvgIpc) is 3.00. The topological polar surface area (TPSA) is 66.4 Å². The number of piperazine rings is 1. The zero-order valence-corrected chi connectivity index (χ0v) is 19.8. The highest BCUT2D eigenvalue weighted by molar-refractivity contribution is 6.30. The quantitative estimate of drug-likeness (QED) is 0.516. The van der Waals surface area contributed by atoms with Crippen LogP contribution in [-0.2, 0) is 0 Å². The maximum absolute atomic E-state index is 12.8. The number of aryl methyl sites for hydroxylation is 1. The summed E-state index contributed by atoms with van der Waals surface area (Å²) < 4.78 is 11.7. The van der Waals surface area contributed by atoms with Crippen molar-refractivity contribution in [1.82, 2.24) is 9.80 Å². The minimum Gasteiger partial charge on any atom is -0.497 e. The molecule has 0 aromatic heterocycles. The maximum atomic E-state index is 12.8. The molecule has 2 heterocycles. The second-order valence-electron chi connectivity index (χ2n) is 8.29. The van der Waals surface area contributed by atoms with E-state index in [2.05, 4.69) is 10.2 Å². The smallest absolute Gasteiger partial charge is 0.321 e. The van der Waals surface area contributed by atoms with Gasteiger partial charge < -0.3 is 24.6 Å². The number of hydrogen-bond donors (Lipinski definition) is 1. The maximum Gasteiger partial charge on any atom is 0.321 e. The largest absolute Gasteiger partial charge is 0.497 e. The lowest BCUT2D eigenvalue weighted by atomic mass is 10.1. The number of rotatable bonds is 2. The van der Waals surface area contributed by atoms with Crippen LogP contribution in [0.2, 0.25) is 5.02 Å². The number of hydrogen-bond acceptors (Lipinski definition) is 5. The molecule has 3 aromatic rings. The first-order valence-corrected chi connectivity index (χ1v) is 11.5. The highest BCUT2D eigenvalue weighted by atomic mass is 35.5.